The molecule has 0 spiro atoms. The normalized spacial score (nSPS) is 12.5. The van der Waals surface area contributed by atoms with Crippen LogP contribution in [0.15, 0.2) is 48.5 Å². The Morgan fingerprint density at radius 3 is 2.40 bits per heavy atom. The van der Waals surface area contributed by atoms with Gasteiger partial charge in [-0.15, -0.1) is 0 Å². The van der Waals surface area contributed by atoms with Crippen LogP contribution >= 0.6 is 0 Å². The maximum Gasteiger partial charge on any atom is 0.408 e. The average molecular weight is 576 g/mol. The number of pyridine rings is 1. The van der Waals surface area contributed by atoms with Crippen LogP contribution < -0.4 is 11.1 Å². The van der Waals surface area contributed by atoms with Crippen LogP contribution in [0, 0.1) is 23.5 Å². The molecule has 0 saturated carbocycles. The van der Waals surface area contributed by atoms with Gasteiger partial charge in [0.05, 0.1) is 17.3 Å². The summed E-state index contributed by atoms with van der Waals surface area (Å²) < 4.78 is 35.7. The van der Waals surface area contributed by atoms with Gasteiger partial charge >= 0.3 is 6.09 Å². The Hall–Kier alpha value is -4.49. The van der Waals surface area contributed by atoms with Crippen LogP contribution in [-0.4, -0.2) is 37.2 Å². The van der Waals surface area contributed by atoms with Crippen molar-refractivity contribution in [2.45, 2.75) is 71.8 Å². The summed E-state index contributed by atoms with van der Waals surface area (Å²) in [5.41, 5.74) is 7.29. The predicted molar refractivity (Wildman–Crippen MR) is 158 cm³/mol. The molecule has 0 fully saturated rings. The minimum Gasteiger partial charge on any atom is -0.444 e. The van der Waals surface area contributed by atoms with Crippen molar-refractivity contribution in [1.29, 1.82) is 0 Å². The molecule has 2 heterocycles. The number of halogens is 2. The van der Waals surface area contributed by atoms with Crippen molar-refractivity contribution in [3.8, 4) is 23.0 Å². The summed E-state index contributed by atoms with van der Waals surface area (Å²) in [6.07, 6.45) is -0.743. The van der Waals surface area contributed by atoms with Crippen LogP contribution in [0.4, 0.5) is 19.4 Å². The molecule has 0 radical (unpaired) electrons. The summed E-state index contributed by atoms with van der Waals surface area (Å²) in [6, 6.07) is 11.4. The molecule has 8 nitrogen and oxygen atoms in total. The Morgan fingerprint density at radius 2 is 1.79 bits per heavy atom. The second kappa shape index (κ2) is 11.8. The Kier molecular flexibility index (Phi) is 8.55. The van der Waals surface area contributed by atoms with E-state index >= 15 is 0 Å². The van der Waals surface area contributed by atoms with E-state index in [1.165, 1.54) is 12.1 Å². The van der Waals surface area contributed by atoms with Gasteiger partial charge in [-0.1, -0.05) is 18.1 Å². The number of nitrogen functional groups attached to an aromatic ring is 1. The smallest absolute Gasteiger partial charge is 0.408 e. The van der Waals surface area contributed by atoms with Gasteiger partial charge in [0, 0.05) is 29.1 Å². The third-order valence-electron chi connectivity index (χ3n) is 6.19. The average Bonchev–Trinajstić information content (AvgIpc) is 3.21. The molecule has 4 aromatic rings. The van der Waals surface area contributed by atoms with E-state index in [1.807, 2.05) is 31.2 Å². The maximum absolute atomic E-state index is 14.2. The van der Waals surface area contributed by atoms with E-state index in [4.69, 9.17) is 15.5 Å². The minimum absolute atomic E-state index is 0.0124. The van der Waals surface area contributed by atoms with E-state index in [1.54, 1.807) is 45.4 Å². The number of hydrogen-bond acceptors (Lipinski definition) is 6. The van der Waals surface area contributed by atoms with Gasteiger partial charge in [0.25, 0.3) is 0 Å². The number of nitrogens with two attached hydrogens (primary N) is 1. The summed E-state index contributed by atoms with van der Waals surface area (Å²) >= 11 is 0. The number of amides is 1. The first-order chi connectivity index (χ1) is 19.6. The molecule has 42 heavy (non-hydrogen) atoms. The highest BCUT2D eigenvalue weighted by atomic mass is 19.1. The number of ether oxygens (including phenoxy) is 1. The van der Waals surface area contributed by atoms with E-state index in [2.05, 4.69) is 22.3 Å². The lowest BCUT2D eigenvalue weighted by Crippen LogP contribution is -2.36. The molecule has 2 aromatic carbocycles. The summed E-state index contributed by atoms with van der Waals surface area (Å²) in [5, 5.41) is 18.2. The number of aromatic nitrogens is 3. The van der Waals surface area contributed by atoms with Crippen LogP contribution in [0.3, 0.4) is 0 Å². The zero-order chi connectivity index (χ0) is 30.8. The van der Waals surface area contributed by atoms with E-state index in [0.29, 0.717) is 34.9 Å². The molecular weight excluding hydrogens is 540 g/mol. The van der Waals surface area contributed by atoms with Crippen molar-refractivity contribution in [3.63, 3.8) is 0 Å². The highest BCUT2D eigenvalue weighted by molar-refractivity contribution is 6.00. The minimum atomic E-state index is -1.27. The lowest BCUT2D eigenvalue weighted by Gasteiger charge is -2.25. The van der Waals surface area contributed by atoms with Crippen molar-refractivity contribution in [3.05, 3.63) is 77.1 Å². The number of nitrogens with one attached hydrogen (secondary N) is 1. The predicted octanol–water partition coefficient (Wildman–Crippen LogP) is 5.91. The molecule has 0 aliphatic heterocycles. The highest BCUT2D eigenvalue weighted by Gasteiger charge is 2.26. The number of rotatable bonds is 6. The molecule has 10 heteroatoms. The van der Waals surface area contributed by atoms with Crippen molar-refractivity contribution in [2.75, 3.05) is 5.73 Å². The van der Waals surface area contributed by atoms with Gasteiger partial charge in [0.2, 0.25) is 0 Å². The SMILES string of the molecule is CCn1nc(N)c2cccc(-c3ccc(C#CC(C)(C)O)nc3C(Cc3cc(F)cc(F)c3)NC(=O)OC(C)(C)C)c21. The summed E-state index contributed by atoms with van der Waals surface area (Å²) in [5.74, 6) is 4.52. The van der Waals surface area contributed by atoms with E-state index in [9.17, 15) is 18.7 Å². The van der Waals surface area contributed by atoms with E-state index in [0.717, 1.165) is 22.5 Å². The first-order valence-corrected chi connectivity index (χ1v) is 13.6. The molecule has 1 unspecified atom stereocenters. The van der Waals surface area contributed by atoms with Crippen LogP contribution in [0.5, 0.6) is 0 Å². The zero-order valence-electron chi connectivity index (χ0n) is 24.5. The van der Waals surface area contributed by atoms with Crippen molar-refractivity contribution >= 4 is 22.8 Å². The highest BCUT2D eigenvalue weighted by Crippen LogP contribution is 2.36. The lowest BCUT2D eigenvalue weighted by molar-refractivity contribution is 0.0502. The largest absolute Gasteiger partial charge is 0.444 e. The molecular formula is C32H35F2N5O3. The molecule has 220 valence electrons. The van der Waals surface area contributed by atoms with Gasteiger partial charge in [0.15, 0.2) is 5.82 Å². The molecule has 4 rings (SSSR count). The molecule has 0 aliphatic carbocycles. The molecule has 2 aromatic heterocycles. The number of anilines is 1. The second-order valence-corrected chi connectivity index (χ2v) is 11.5. The molecule has 4 N–H and O–H groups in total. The number of hydrogen-bond donors (Lipinski definition) is 3. The fourth-order valence-corrected chi connectivity index (χ4v) is 4.59. The maximum atomic E-state index is 14.2. The van der Waals surface area contributed by atoms with Crippen molar-refractivity contribution in [1.82, 2.24) is 20.1 Å². The number of nitrogens with zero attached hydrogens (tertiary/aromatic N) is 3. The van der Waals surface area contributed by atoms with Crippen molar-refractivity contribution in [2.24, 2.45) is 0 Å². The number of fused-ring (bicyclic) bond motifs is 1. The number of carbonyl (C=O) groups is 1. The summed E-state index contributed by atoms with van der Waals surface area (Å²) in [7, 11) is 0. The Labute approximate surface area is 243 Å². The fourth-order valence-electron chi connectivity index (χ4n) is 4.59. The van der Waals surface area contributed by atoms with Crippen LogP contribution in [0.2, 0.25) is 0 Å². The van der Waals surface area contributed by atoms with Crippen LogP contribution in [0.1, 0.15) is 64.5 Å². The standard InChI is InChI=1S/C32H35F2N5O3/c1-7-39-28-24(9-8-10-25(28)29(35)38-39)23-12-11-22(13-14-32(5,6)41)36-27(23)26(37-30(40)42-31(2,3)4)17-19-15-20(33)18-21(34)16-19/h8-12,15-16,18,26,41H,7,17H2,1-6H3,(H2,35,38)(H,37,40). The van der Waals surface area contributed by atoms with Gasteiger partial charge in [-0.3, -0.25) is 4.68 Å². The van der Waals surface area contributed by atoms with Gasteiger partial charge in [-0.05, 0) is 89.8 Å². The third-order valence-corrected chi connectivity index (χ3v) is 6.19. The second-order valence-electron chi connectivity index (χ2n) is 11.5. The summed E-state index contributed by atoms with van der Waals surface area (Å²) in [6.45, 7) is 10.8. The summed E-state index contributed by atoms with van der Waals surface area (Å²) in [4.78, 5) is 17.9. The monoisotopic (exact) mass is 575 g/mol. The van der Waals surface area contributed by atoms with Gasteiger partial charge in [-0.2, -0.15) is 5.10 Å². The molecule has 0 bridgehead atoms. The fraction of sp³-hybridized carbons (Fsp3) is 0.344. The van der Waals surface area contributed by atoms with Gasteiger partial charge in [0.1, 0.15) is 28.5 Å². The van der Waals surface area contributed by atoms with Crippen LogP contribution in [0.25, 0.3) is 22.0 Å². The number of para-hydroxylation sites is 1. The molecule has 1 amide bonds. The van der Waals surface area contributed by atoms with Gasteiger partial charge < -0.3 is 20.9 Å². The van der Waals surface area contributed by atoms with Crippen LogP contribution in [-0.2, 0) is 17.7 Å². The lowest BCUT2D eigenvalue weighted by atomic mass is 9.94. The van der Waals surface area contributed by atoms with Crippen molar-refractivity contribution < 1.29 is 23.4 Å². The molecule has 1 atom stereocenters. The first kappa shape index (κ1) is 30.5. The zero-order valence-corrected chi connectivity index (χ0v) is 24.5. The van der Waals surface area contributed by atoms with E-state index < -0.39 is 35.0 Å². The van der Waals surface area contributed by atoms with E-state index in [-0.39, 0.29) is 6.42 Å². The first-order valence-electron chi connectivity index (χ1n) is 13.6. The topological polar surface area (TPSA) is 115 Å². The number of aliphatic hydroxyl groups is 1. The number of carbonyl (C=O) groups excluding carboxylic acids is 1. The Morgan fingerprint density at radius 1 is 1.10 bits per heavy atom. The molecule has 0 saturated heterocycles. The third kappa shape index (κ3) is 7.42. The quantitative estimate of drug-likeness (QED) is 0.246. The molecule has 0 aliphatic rings. The number of aryl methyl sites for hydroxylation is 1. The number of benzene rings is 2. The van der Waals surface area contributed by atoms with Gasteiger partial charge in [-0.25, -0.2) is 18.6 Å². The Bertz CT molecular complexity index is 1670. The number of alkyl carbamates (subject to hydrolysis) is 1. The Balaban J connectivity index is 1.97.